The van der Waals surface area contributed by atoms with Gasteiger partial charge in [-0.15, -0.1) is 0 Å². The summed E-state index contributed by atoms with van der Waals surface area (Å²) in [5, 5.41) is 5.34. The molecule has 2 amide bonds. The fraction of sp³-hybridized carbons (Fsp3) is 0.316. The minimum atomic E-state index is -0.366. The van der Waals surface area contributed by atoms with Crippen molar-refractivity contribution < 1.29 is 19.2 Å². The molecule has 0 aromatic carbocycles. The summed E-state index contributed by atoms with van der Waals surface area (Å²) in [7, 11) is 0. The van der Waals surface area contributed by atoms with E-state index in [1.165, 1.54) is 30.6 Å². The van der Waals surface area contributed by atoms with E-state index in [-0.39, 0.29) is 34.5 Å². The molecule has 7 nitrogen and oxygen atoms in total. The monoisotopic (exact) mass is 357 g/mol. The number of carbonyl (C=O) groups excluding carboxylic acids is 4. The Morgan fingerprint density at radius 2 is 1.27 bits per heavy atom. The quantitative estimate of drug-likeness (QED) is 0.437. The zero-order chi connectivity index (χ0) is 19.4. The van der Waals surface area contributed by atoms with Gasteiger partial charge in [-0.05, 0) is 31.1 Å². The molecule has 1 rings (SSSR count). The number of rotatable bonds is 12. The SMILES string of the molecule is C=CC(=O)CCCNC(=O)c1cncc(C(=O)NCCCC(=O)C=C)c1. The Balaban J connectivity index is 2.47. The van der Waals surface area contributed by atoms with Crippen LogP contribution in [0.2, 0.25) is 0 Å². The molecular weight excluding hydrogens is 334 g/mol. The van der Waals surface area contributed by atoms with E-state index in [1.807, 2.05) is 0 Å². The summed E-state index contributed by atoms with van der Waals surface area (Å²) in [4.78, 5) is 50.2. The second-order valence-electron chi connectivity index (χ2n) is 5.52. The fourth-order valence-electron chi connectivity index (χ4n) is 2.03. The first-order chi connectivity index (χ1) is 12.5. The van der Waals surface area contributed by atoms with Gasteiger partial charge in [0.1, 0.15) is 0 Å². The van der Waals surface area contributed by atoms with Crippen LogP contribution in [-0.2, 0) is 9.59 Å². The highest BCUT2D eigenvalue weighted by molar-refractivity contribution is 5.99. The molecule has 0 saturated heterocycles. The van der Waals surface area contributed by atoms with E-state index in [9.17, 15) is 19.2 Å². The van der Waals surface area contributed by atoms with Crippen molar-refractivity contribution in [3.63, 3.8) is 0 Å². The van der Waals surface area contributed by atoms with Gasteiger partial charge in [0.25, 0.3) is 11.8 Å². The third-order valence-corrected chi connectivity index (χ3v) is 3.49. The minimum Gasteiger partial charge on any atom is -0.352 e. The van der Waals surface area contributed by atoms with Gasteiger partial charge >= 0.3 is 0 Å². The topological polar surface area (TPSA) is 105 Å². The van der Waals surface area contributed by atoms with Crippen LogP contribution in [0.15, 0.2) is 43.8 Å². The lowest BCUT2D eigenvalue weighted by molar-refractivity contribution is -0.115. The fourth-order valence-corrected chi connectivity index (χ4v) is 2.03. The van der Waals surface area contributed by atoms with Crippen molar-refractivity contribution in [2.45, 2.75) is 25.7 Å². The number of amides is 2. The first-order valence-corrected chi connectivity index (χ1v) is 8.30. The number of nitrogens with one attached hydrogen (secondary N) is 2. The molecule has 7 heteroatoms. The molecule has 2 N–H and O–H groups in total. The number of nitrogens with zero attached hydrogens (tertiary/aromatic N) is 1. The van der Waals surface area contributed by atoms with Crippen LogP contribution >= 0.6 is 0 Å². The van der Waals surface area contributed by atoms with E-state index < -0.39 is 0 Å². The average Bonchev–Trinajstić information content (AvgIpc) is 2.67. The largest absolute Gasteiger partial charge is 0.352 e. The highest BCUT2D eigenvalue weighted by Crippen LogP contribution is 2.04. The second-order valence-corrected chi connectivity index (χ2v) is 5.52. The average molecular weight is 357 g/mol. The van der Waals surface area contributed by atoms with Crippen LogP contribution in [0.4, 0.5) is 0 Å². The van der Waals surface area contributed by atoms with E-state index in [1.54, 1.807) is 0 Å². The third-order valence-electron chi connectivity index (χ3n) is 3.49. The number of hydrogen-bond acceptors (Lipinski definition) is 5. The Labute approximate surface area is 152 Å². The second kappa shape index (κ2) is 11.5. The molecule has 26 heavy (non-hydrogen) atoms. The highest BCUT2D eigenvalue weighted by Gasteiger charge is 2.11. The van der Waals surface area contributed by atoms with Crippen molar-refractivity contribution >= 4 is 23.4 Å². The molecule has 1 aromatic rings. The van der Waals surface area contributed by atoms with Gasteiger partial charge in [0.2, 0.25) is 0 Å². The number of pyridine rings is 1. The van der Waals surface area contributed by atoms with Crippen LogP contribution in [-0.4, -0.2) is 41.5 Å². The van der Waals surface area contributed by atoms with Gasteiger partial charge < -0.3 is 10.6 Å². The molecule has 0 unspecified atom stereocenters. The molecule has 0 bridgehead atoms. The normalized spacial score (nSPS) is 9.85. The first kappa shape index (κ1) is 21.0. The van der Waals surface area contributed by atoms with Crippen molar-refractivity contribution in [3.05, 3.63) is 54.9 Å². The van der Waals surface area contributed by atoms with Gasteiger partial charge in [0.05, 0.1) is 11.1 Å². The summed E-state index contributed by atoms with van der Waals surface area (Å²) in [5.41, 5.74) is 0.518. The number of carbonyl (C=O) groups is 4. The van der Waals surface area contributed by atoms with Crippen LogP contribution in [0.5, 0.6) is 0 Å². The van der Waals surface area contributed by atoms with Crippen LogP contribution in [0, 0.1) is 0 Å². The maximum Gasteiger partial charge on any atom is 0.252 e. The van der Waals surface area contributed by atoms with E-state index in [0.717, 1.165) is 0 Å². The minimum absolute atomic E-state index is 0.0747. The van der Waals surface area contributed by atoms with Crippen molar-refractivity contribution in [2.75, 3.05) is 13.1 Å². The smallest absolute Gasteiger partial charge is 0.252 e. The van der Waals surface area contributed by atoms with Crippen LogP contribution in [0.3, 0.4) is 0 Å². The van der Waals surface area contributed by atoms with Crippen molar-refractivity contribution in [1.29, 1.82) is 0 Å². The molecule has 0 aliphatic carbocycles. The number of hydrogen-bond donors (Lipinski definition) is 2. The van der Waals surface area contributed by atoms with E-state index in [0.29, 0.717) is 38.8 Å². The Hall–Kier alpha value is -3.09. The lowest BCUT2D eigenvalue weighted by Crippen LogP contribution is -2.27. The first-order valence-electron chi connectivity index (χ1n) is 8.30. The Morgan fingerprint density at radius 1 is 0.846 bits per heavy atom. The molecule has 1 aromatic heterocycles. The zero-order valence-corrected chi connectivity index (χ0v) is 14.6. The van der Waals surface area contributed by atoms with E-state index >= 15 is 0 Å². The number of aromatic nitrogens is 1. The van der Waals surface area contributed by atoms with Gasteiger partial charge in [-0.2, -0.15) is 0 Å². The summed E-state index contributed by atoms with van der Waals surface area (Å²) < 4.78 is 0. The standard InChI is InChI=1S/C19H23N3O4/c1-3-16(23)7-5-9-21-18(25)14-11-15(13-20-12-14)19(26)22-10-6-8-17(24)4-2/h3-4,11-13H,1-2,5-10H2,(H,21,25)(H,22,26). The molecule has 0 saturated carbocycles. The zero-order valence-electron chi connectivity index (χ0n) is 14.6. The molecule has 0 fully saturated rings. The summed E-state index contributed by atoms with van der Waals surface area (Å²) >= 11 is 0. The van der Waals surface area contributed by atoms with Gasteiger partial charge in [-0.25, -0.2) is 0 Å². The molecule has 0 spiro atoms. The van der Waals surface area contributed by atoms with Crippen LogP contribution in [0.25, 0.3) is 0 Å². The molecule has 0 aliphatic heterocycles. The van der Waals surface area contributed by atoms with Gasteiger partial charge in [-0.3, -0.25) is 24.2 Å². The maximum absolute atomic E-state index is 12.1. The van der Waals surface area contributed by atoms with Crippen LogP contribution < -0.4 is 10.6 Å². The molecule has 0 atom stereocenters. The van der Waals surface area contributed by atoms with Gasteiger partial charge in [-0.1, -0.05) is 13.2 Å². The molecule has 138 valence electrons. The van der Waals surface area contributed by atoms with Crippen molar-refractivity contribution in [1.82, 2.24) is 15.6 Å². The summed E-state index contributed by atoms with van der Waals surface area (Å²) in [6.07, 6.45) is 6.88. The molecule has 0 radical (unpaired) electrons. The molecule has 0 aliphatic rings. The van der Waals surface area contributed by atoms with Gasteiger partial charge in [0, 0.05) is 38.3 Å². The Bertz CT molecular complexity index is 643. The molecular formula is C19H23N3O4. The van der Waals surface area contributed by atoms with Crippen molar-refractivity contribution in [2.24, 2.45) is 0 Å². The van der Waals surface area contributed by atoms with E-state index in [2.05, 4.69) is 28.8 Å². The summed E-state index contributed by atoms with van der Waals surface area (Å²) in [5.74, 6) is -0.881. The summed E-state index contributed by atoms with van der Waals surface area (Å²) in [6.45, 7) is 7.45. The third kappa shape index (κ3) is 7.65. The van der Waals surface area contributed by atoms with Crippen molar-refractivity contribution in [3.8, 4) is 0 Å². The predicted octanol–water partition coefficient (Wildman–Crippen LogP) is 1.61. The maximum atomic E-state index is 12.1. The van der Waals surface area contributed by atoms with Crippen LogP contribution in [0.1, 0.15) is 46.4 Å². The predicted molar refractivity (Wildman–Crippen MR) is 97.8 cm³/mol. The Kier molecular flexibility index (Phi) is 9.24. The lowest BCUT2D eigenvalue weighted by Gasteiger charge is -2.07. The van der Waals surface area contributed by atoms with E-state index in [4.69, 9.17) is 0 Å². The number of allylic oxidation sites excluding steroid dienone is 2. The van der Waals surface area contributed by atoms with Gasteiger partial charge in [0.15, 0.2) is 11.6 Å². The highest BCUT2D eigenvalue weighted by atomic mass is 16.2. The lowest BCUT2D eigenvalue weighted by atomic mass is 10.1. The number of ketones is 2. The molecule has 1 heterocycles. The summed E-state index contributed by atoms with van der Waals surface area (Å²) in [6, 6.07) is 1.45. The Morgan fingerprint density at radius 3 is 1.65 bits per heavy atom.